The molecule has 1 aliphatic rings. The van der Waals surface area contributed by atoms with Gasteiger partial charge in [0.1, 0.15) is 12.1 Å². The number of carbonyl (C=O) groups is 1. The molecule has 3 aromatic carbocycles. The normalized spacial score (nSPS) is 15.6. The van der Waals surface area contributed by atoms with Gasteiger partial charge in [0, 0.05) is 28.4 Å². The third-order valence-corrected chi connectivity index (χ3v) is 6.59. The number of amides is 1. The molecule has 5 rings (SSSR count). The molecule has 0 aliphatic heterocycles. The Morgan fingerprint density at radius 1 is 0.912 bits per heavy atom. The van der Waals surface area contributed by atoms with Crippen LogP contribution in [0.15, 0.2) is 72.8 Å². The maximum absolute atomic E-state index is 12.4. The summed E-state index contributed by atoms with van der Waals surface area (Å²) in [7, 11) is 0. The Balaban J connectivity index is 1.27. The molecule has 1 heterocycles. The van der Waals surface area contributed by atoms with E-state index >= 15 is 0 Å². The molecular formula is C28H30N4O2. The van der Waals surface area contributed by atoms with E-state index in [9.17, 15) is 9.90 Å². The highest BCUT2D eigenvalue weighted by molar-refractivity contribution is 6.05. The molecule has 6 nitrogen and oxygen atoms in total. The standard InChI is InChI=1S/C28H30N4O2/c33-27(20-8-4-1-2-5-9-20)29-22-14-12-19(13-15-22)26-31-24-17-16-23(18-25(24)32-26)30-28(34)21-10-6-3-7-11-21/h3,6-7,10-18,20,27,29,33H,1-2,4-5,8-9H2,(H,30,34)(H,31,32). The van der Waals surface area contributed by atoms with Crippen molar-refractivity contribution in [1.82, 2.24) is 9.97 Å². The van der Waals surface area contributed by atoms with Crippen molar-refractivity contribution in [2.45, 2.75) is 44.8 Å². The number of H-pyrrole nitrogens is 1. The molecule has 0 saturated heterocycles. The molecule has 1 aliphatic carbocycles. The molecule has 34 heavy (non-hydrogen) atoms. The number of hydrogen-bond acceptors (Lipinski definition) is 4. The van der Waals surface area contributed by atoms with Crippen molar-refractivity contribution < 1.29 is 9.90 Å². The third-order valence-electron chi connectivity index (χ3n) is 6.59. The lowest BCUT2D eigenvalue weighted by Gasteiger charge is -2.23. The highest BCUT2D eigenvalue weighted by Crippen LogP contribution is 2.28. The first-order valence-electron chi connectivity index (χ1n) is 12.1. The summed E-state index contributed by atoms with van der Waals surface area (Å²) in [6, 6.07) is 22.8. The Morgan fingerprint density at radius 3 is 2.35 bits per heavy atom. The molecule has 1 unspecified atom stereocenters. The summed E-state index contributed by atoms with van der Waals surface area (Å²) in [4.78, 5) is 20.5. The lowest BCUT2D eigenvalue weighted by atomic mass is 9.98. The van der Waals surface area contributed by atoms with E-state index in [1.165, 1.54) is 25.7 Å². The second kappa shape index (κ2) is 10.1. The first-order chi connectivity index (χ1) is 16.7. The van der Waals surface area contributed by atoms with E-state index in [1.54, 1.807) is 12.1 Å². The van der Waals surface area contributed by atoms with Gasteiger partial charge in [0.05, 0.1) is 11.0 Å². The van der Waals surface area contributed by atoms with E-state index in [0.29, 0.717) is 17.2 Å². The number of imidazole rings is 1. The van der Waals surface area contributed by atoms with Crippen molar-refractivity contribution >= 4 is 28.3 Å². The number of benzene rings is 3. The molecular weight excluding hydrogens is 424 g/mol. The smallest absolute Gasteiger partial charge is 0.255 e. The van der Waals surface area contributed by atoms with Gasteiger partial charge in [-0.05, 0) is 67.4 Å². The Kier molecular flexibility index (Phi) is 6.58. The quantitative estimate of drug-likeness (QED) is 0.207. The van der Waals surface area contributed by atoms with Crippen LogP contribution < -0.4 is 10.6 Å². The predicted molar refractivity (Wildman–Crippen MR) is 137 cm³/mol. The largest absolute Gasteiger partial charge is 0.374 e. The topological polar surface area (TPSA) is 90.0 Å². The number of aliphatic hydroxyl groups is 1. The van der Waals surface area contributed by atoms with Crippen molar-refractivity contribution in [1.29, 1.82) is 0 Å². The number of rotatable bonds is 6. The van der Waals surface area contributed by atoms with Crippen LogP contribution in [-0.2, 0) is 0 Å². The Labute approximate surface area is 199 Å². The first-order valence-corrected chi connectivity index (χ1v) is 12.1. The van der Waals surface area contributed by atoms with E-state index in [4.69, 9.17) is 4.98 Å². The van der Waals surface area contributed by atoms with Crippen LogP contribution in [0, 0.1) is 5.92 Å². The molecule has 1 atom stereocenters. The van der Waals surface area contributed by atoms with Crippen molar-refractivity contribution in [3.05, 3.63) is 78.4 Å². The maximum atomic E-state index is 12.4. The number of anilines is 2. The molecule has 174 valence electrons. The fraction of sp³-hybridized carbons (Fsp3) is 0.286. The Hall–Kier alpha value is -3.64. The lowest BCUT2D eigenvalue weighted by molar-refractivity contribution is 0.102. The molecule has 1 fully saturated rings. The van der Waals surface area contributed by atoms with Crippen molar-refractivity contribution in [3.8, 4) is 11.4 Å². The summed E-state index contributed by atoms with van der Waals surface area (Å²) < 4.78 is 0. The van der Waals surface area contributed by atoms with Gasteiger partial charge in [0.2, 0.25) is 0 Å². The van der Waals surface area contributed by atoms with Crippen molar-refractivity contribution in [2.24, 2.45) is 5.92 Å². The van der Waals surface area contributed by atoms with Gasteiger partial charge in [-0.15, -0.1) is 0 Å². The molecule has 0 bridgehead atoms. The van der Waals surface area contributed by atoms with Crippen LogP contribution in [0.4, 0.5) is 11.4 Å². The average molecular weight is 455 g/mol. The number of aromatic amines is 1. The van der Waals surface area contributed by atoms with Crippen LogP contribution in [0.3, 0.4) is 0 Å². The van der Waals surface area contributed by atoms with Gasteiger partial charge < -0.3 is 20.7 Å². The lowest BCUT2D eigenvalue weighted by Crippen LogP contribution is -2.28. The Morgan fingerprint density at radius 2 is 1.62 bits per heavy atom. The zero-order chi connectivity index (χ0) is 23.3. The third kappa shape index (κ3) is 5.13. The van der Waals surface area contributed by atoms with Crippen LogP contribution in [0.1, 0.15) is 48.9 Å². The first kappa shape index (κ1) is 22.2. The molecule has 0 radical (unpaired) electrons. The number of fused-ring (bicyclic) bond motifs is 1. The summed E-state index contributed by atoms with van der Waals surface area (Å²) in [5.74, 6) is 0.931. The van der Waals surface area contributed by atoms with Gasteiger partial charge >= 0.3 is 0 Å². The van der Waals surface area contributed by atoms with E-state index in [0.717, 1.165) is 41.0 Å². The van der Waals surface area contributed by atoms with Crippen LogP contribution >= 0.6 is 0 Å². The van der Waals surface area contributed by atoms with E-state index in [2.05, 4.69) is 15.6 Å². The van der Waals surface area contributed by atoms with Crippen molar-refractivity contribution in [2.75, 3.05) is 10.6 Å². The van der Waals surface area contributed by atoms with Gasteiger partial charge in [-0.25, -0.2) is 4.98 Å². The number of aliphatic hydroxyl groups excluding tert-OH is 1. The Bertz CT molecular complexity index is 1240. The molecule has 0 spiro atoms. The molecule has 1 saturated carbocycles. The summed E-state index contributed by atoms with van der Waals surface area (Å²) in [5, 5.41) is 16.8. The zero-order valence-electron chi connectivity index (χ0n) is 19.1. The van der Waals surface area contributed by atoms with Gasteiger partial charge in [-0.3, -0.25) is 4.79 Å². The number of nitrogens with zero attached hydrogens (tertiary/aromatic N) is 1. The van der Waals surface area contributed by atoms with Crippen LogP contribution in [0.25, 0.3) is 22.4 Å². The summed E-state index contributed by atoms with van der Waals surface area (Å²) in [6.45, 7) is 0. The molecule has 6 heteroatoms. The molecule has 4 aromatic rings. The predicted octanol–water partition coefficient (Wildman–Crippen LogP) is 6.18. The number of carbonyl (C=O) groups excluding carboxylic acids is 1. The molecule has 4 N–H and O–H groups in total. The van der Waals surface area contributed by atoms with Gasteiger partial charge in [-0.2, -0.15) is 0 Å². The minimum atomic E-state index is -0.514. The summed E-state index contributed by atoms with van der Waals surface area (Å²) >= 11 is 0. The number of hydrogen-bond donors (Lipinski definition) is 4. The van der Waals surface area contributed by atoms with E-state index < -0.39 is 6.23 Å². The minimum absolute atomic E-state index is 0.145. The van der Waals surface area contributed by atoms with Crippen LogP contribution in [-0.4, -0.2) is 27.2 Å². The summed E-state index contributed by atoms with van der Waals surface area (Å²) in [5.41, 5.74) is 4.88. The van der Waals surface area contributed by atoms with Crippen LogP contribution in [0.5, 0.6) is 0 Å². The fourth-order valence-electron chi connectivity index (χ4n) is 4.66. The number of aromatic nitrogens is 2. The highest BCUT2D eigenvalue weighted by Gasteiger charge is 2.20. The second-order valence-electron chi connectivity index (χ2n) is 9.06. The maximum Gasteiger partial charge on any atom is 0.255 e. The molecule has 1 aromatic heterocycles. The minimum Gasteiger partial charge on any atom is -0.374 e. The van der Waals surface area contributed by atoms with E-state index in [-0.39, 0.29) is 5.91 Å². The van der Waals surface area contributed by atoms with Gasteiger partial charge in [-0.1, -0.05) is 43.9 Å². The molecule has 1 amide bonds. The van der Waals surface area contributed by atoms with E-state index in [1.807, 2.05) is 60.7 Å². The van der Waals surface area contributed by atoms with Crippen LogP contribution in [0.2, 0.25) is 0 Å². The second-order valence-corrected chi connectivity index (χ2v) is 9.06. The SMILES string of the molecule is O=C(Nc1ccc2nc(-c3ccc(NC(O)C4CCCCCC4)cc3)[nH]c2c1)c1ccccc1. The van der Waals surface area contributed by atoms with Gasteiger partial charge in [0.15, 0.2) is 0 Å². The van der Waals surface area contributed by atoms with Gasteiger partial charge in [0.25, 0.3) is 5.91 Å². The average Bonchev–Trinajstić information content (AvgIpc) is 3.09. The highest BCUT2D eigenvalue weighted by atomic mass is 16.3. The summed E-state index contributed by atoms with van der Waals surface area (Å²) in [6.07, 6.45) is 6.60. The monoisotopic (exact) mass is 454 g/mol. The fourth-order valence-corrected chi connectivity index (χ4v) is 4.66. The van der Waals surface area contributed by atoms with Crippen molar-refractivity contribution in [3.63, 3.8) is 0 Å². The number of nitrogens with one attached hydrogen (secondary N) is 3. The zero-order valence-corrected chi connectivity index (χ0v) is 19.1.